The maximum absolute atomic E-state index is 13.2. The van der Waals surface area contributed by atoms with Gasteiger partial charge in [0.25, 0.3) is 10.0 Å². The number of esters is 1. The zero-order chi connectivity index (χ0) is 23.3. The molecule has 0 saturated carbocycles. The molecule has 0 bridgehead atoms. The van der Waals surface area contributed by atoms with Gasteiger partial charge < -0.3 is 4.74 Å². The first kappa shape index (κ1) is 22.2. The number of anilines is 1. The van der Waals surface area contributed by atoms with E-state index in [1.807, 2.05) is 36.4 Å². The number of carbonyl (C=O) groups is 1. The molecular weight excluding hydrogens is 442 g/mol. The van der Waals surface area contributed by atoms with E-state index in [1.54, 1.807) is 31.2 Å². The van der Waals surface area contributed by atoms with Gasteiger partial charge in [-0.2, -0.15) is 4.68 Å². The van der Waals surface area contributed by atoms with Crippen molar-refractivity contribution in [1.82, 2.24) is 20.2 Å². The van der Waals surface area contributed by atoms with Crippen LogP contribution >= 0.6 is 0 Å². The van der Waals surface area contributed by atoms with Gasteiger partial charge in [-0.1, -0.05) is 42.5 Å². The summed E-state index contributed by atoms with van der Waals surface area (Å²) in [4.78, 5) is 12.7. The van der Waals surface area contributed by atoms with E-state index in [2.05, 4.69) is 15.5 Å². The minimum absolute atomic E-state index is 0.00299. The normalized spacial score (nSPS) is 11.2. The fourth-order valence-corrected chi connectivity index (χ4v) is 4.80. The molecule has 10 heteroatoms. The molecule has 0 radical (unpaired) electrons. The van der Waals surface area contributed by atoms with Gasteiger partial charge >= 0.3 is 5.97 Å². The molecule has 0 aliphatic heterocycles. The number of aromatic nitrogens is 4. The lowest BCUT2D eigenvalue weighted by Gasteiger charge is -2.23. The molecule has 4 aromatic rings. The van der Waals surface area contributed by atoms with Gasteiger partial charge in [0.05, 0.1) is 21.8 Å². The molecule has 0 fully saturated rings. The first-order chi connectivity index (χ1) is 16.0. The Balaban J connectivity index is 1.53. The molecular formula is C23H21N5O4S. The number of sulfonamides is 1. The molecule has 0 saturated heterocycles. The molecule has 9 nitrogen and oxygen atoms in total. The third kappa shape index (κ3) is 4.75. The number of para-hydroxylation sites is 2. The summed E-state index contributed by atoms with van der Waals surface area (Å²) in [5.74, 6) is -0.350. The third-order valence-electron chi connectivity index (χ3n) is 4.86. The molecule has 3 aromatic carbocycles. The van der Waals surface area contributed by atoms with Gasteiger partial charge in [0.1, 0.15) is 0 Å². The topological polar surface area (TPSA) is 107 Å². The van der Waals surface area contributed by atoms with E-state index in [1.165, 1.54) is 33.3 Å². The fourth-order valence-electron chi connectivity index (χ4n) is 3.28. The van der Waals surface area contributed by atoms with Gasteiger partial charge in [-0.25, -0.2) is 13.2 Å². The number of benzene rings is 3. The van der Waals surface area contributed by atoms with E-state index in [0.29, 0.717) is 11.5 Å². The molecule has 33 heavy (non-hydrogen) atoms. The summed E-state index contributed by atoms with van der Waals surface area (Å²) in [7, 11) is -3.87. The Labute approximate surface area is 191 Å². The molecule has 0 amide bonds. The molecule has 0 aliphatic carbocycles. The van der Waals surface area contributed by atoms with Gasteiger partial charge in [0.2, 0.25) is 0 Å². The highest BCUT2D eigenvalue weighted by Gasteiger charge is 2.24. The van der Waals surface area contributed by atoms with Crippen LogP contribution in [0.5, 0.6) is 0 Å². The van der Waals surface area contributed by atoms with E-state index >= 15 is 0 Å². The number of hydrogen-bond donors (Lipinski definition) is 0. The first-order valence-corrected chi connectivity index (χ1v) is 11.6. The molecule has 0 spiro atoms. The van der Waals surface area contributed by atoms with Crippen LogP contribution in [-0.4, -0.2) is 41.1 Å². The van der Waals surface area contributed by atoms with Gasteiger partial charge in [0.15, 0.2) is 12.4 Å². The van der Waals surface area contributed by atoms with Gasteiger partial charge in [-0.3, -0.25) is 4.31 Å². The smallest absolute Gasteiger partial charge is 0.338 e. The third-order valence-corrected chi connectivity index (χ3v) is 6.76. The SMILES string of the molecule is CCN(c1ccccc1)S(=O)(=O)c1cccc(C(=O)OCc2nnnn2-c2ccccc2)c1. The Morgan fingerprint density at radius 3 is 2.36 bits per heavy atom. The average Bonchev–Trinajstić information content (AvgIpc) is 3.33. The van der Waals surface area contributed by atoms with Crippen LogP contribution in [0.15, 0.2) is 89.8 Å². The monoisotopic (exact) mass is 463 g/mol. The molecule has 0 atom stereocenters. The Bertz CT molecular complexity index is 1340. The molecule has 0 unspecified atom stereocenters. The van der Waals surface area contributed by atoms with Gasteiger partial charge in [-0.05, 0) is 59.8 Å². The summed E-state index contributed by atoms with van der Waals surface area (Å²) in [5.41, 5.74) is 1.38. The lowest BCUT2D eigenvalue weighted by Crippen LogP contribution is -2.30. The average molecular weight is 464 g/mol. The van der Waals surface area contributed by atoms with Crippen LogP contribution < -0.4 is 4.31 Å². The Morgan fingerprint density at radius 1 is 0.970 bits per heavy atom. The standard InChI is InChI=1S/C23H21N5O4S/c1-2-27(19-11-5-3-6-12-19)33(30,31)21-15-9-10-18(16-21)23(29)32-17-22-24-25-26-28(22)20-13-7-4-8-14-20/h3-16H,2,17H2,1H3. The van der Waals surface area contributed by atoms with E-state index in [4.69, 9.17) is 4.74 Å². The summed E-state index contributed by atoms with van der Waals surface area (Å²) >= 11 is 0. The van der Waals surface area contributed by atoms with Crippen LogP contribution in [0.4, 0.5) is 5.69 Å². The van der Waals surface area contributed by atoms with Crippen molar-refractivity contribution in [1.29, 1.82) is 0 Å². The number of nitrogens with zero attached hydrogens (tertiary/aromatic N) is 5. The second-order valence-electron chi connectivity index (χ2n) is 6.95. The summed E-state index contributed by atoms with van der Waals surface area (Å²) in [5, 5.41) is 11.5. The van der Waals surface area contributed by atoms with Crippen molar-refractivity contribution >= 4 is 21.7 Å². The summed E-state index contributed by atoms with van der Waals surface area (Å²) in [6.07, 6.45) is 0. The maximum Gasteiger partial charge on any atom is 0.338 e. The van der Waals surface area contributed by atoms with E-state index in [9.17, 15) is 13.2 Å². The number of carbonyl (C=O) groups excluding carboxylic acids is 1. The van der Waals surface area contributed by atoms with E-state index in [-0.39, 0.29) is 23.6 Å². The van der Waals surface area contributed by atoms with Gasteiger partial charge in [0, 0.05) is 6.54 Å². The van der Waals surface area contributed by atoms with Crippen LogP contribution in [-0.2, 0) is 21.4 Å². The van der Waals surface area contributed by atoms with Crippen LogP contribution in [0.1, 0.15) is 23.1 Å². The van der Waals surface area contributed by atoms with Crippen molar-refractivity contribution in [2.75, 3.05) is 10.8 Å². The molecule has 168 valence electrons. The predicted molar refractivity (Wildman–Crippen MR) is 121 cm³/mol. The molecule has 0 aliphatic rings. The van der Waals surface area contributed by atoms with Crippen LogP contribution in [0.2, 0.25) is 0 Å². The minimum atomic E-state index is -3.87. The zero-order valence-electron chi connectivity index (χ0n) is 17.8. The van der Waals surface area contributed by atoms with Crippen LogP contribution in [0.3, 0.4) is 0 Å². The molecule has 4 rings (SSSR count). The largest absolute Gasteiger partial charge is 0.454 e. The van der Waals surface area contributed by atoms with E-state index in [0.717, 1.165) is 5.69 Å². The number of hydrogen-bond acceptors (Lipinski definition) is 7. The lowest BCUT2D eigenvalue weighted by atomic mass is 10.2. The second kappa shape index (κ2) is 9.61. The zero-order valence-corrected chi connectivity index (χ0v) is 18.6. The first-order valence-electron chi connectivity index (χ1n) is 10.2. The molecule has 0 N–H and O–H groups in total. The highest BCUT2D eigenvalue weighted by Crippen LogP contribution is 2.24. The summed E-state index contributed by atoms with van der Waals surface area (Å²) in [6.45, 7) is 1.81. The summed E-state index contributed by atoms with van der Waals surface area (Å²) in [6, 6.07) is 23.8. The predicted octanol–water partition coefficient (Wildman–Crippen LogP) is 3.23. The number of ether oxygens (including phenoxy) is 1. The van der Waals surface area contributed by atoms with Gasteiger partial charge in [-0.15, -0.1) is 5.10 Å². The Kier molecular flexibility index (Phi) is 6.45. The van der Waals surface area contributed by atoms with Crippen molar-refractivity contribution in [2.24, 2.45) is 0 Å². The fraction of sp³-hybridized carbons (Fsp3) is 0.130. The Hall–Kier alpha value is -4.05. The van der Waals surface area contributed by atoms with Crippen LogP contribution in [0, 0.1) is 0 Å². The Morgan fingerprint density at radius 2 is 1.67 bits per heavy atom. The minimum Gasteiger partial charge on any atom is -0.454 e. The highest BCUT2D eigenvalue weighted by molar-refractivity contribution is 7.92. The van der Waals surface area contributed by atoms with Crippen molar-refractivity contribution in [3.8, 4) is 5.69 Å². The molecule has 1 aromatic heterocycles. The number of rotatable bonds is 8. The highest BCUT2D eigenvalue weighted by atomic mass is 32.2. The molecule has 1 heterocycles. The van der Waals surface area contributed by atoms with E-state index < -0.39 is 16.0 Å². The lowest BCUT2D eigenvalue weighted by molar-refractivity contribution is 0.0459. The number of tetrazole rings is 1. The van der Waals surface area contributed by atoms with Crippen LogP contribution in [0.25, 0.3) is 5.69 Å². The maximum atomic E-state index is 13.2. The second-order valence-corrected chi connectivity index (χ2v) is 8.81. The van der Waals surface area contributed by atoms with Crippen molar-refractivity contribution < 1.29 is 17.9 Å². The summed E-state index contributed by atoms with van der Waals surface area (Å²) < 4.78 is 34.6. The van der Waals surface area contributed by atoms with Crippen molar-refractivity contribution in [2.45, 2.75) is 18.4 Å². The quantitative estimate of drug-likeness (QED) is 0.369. The van der Waals surface area contributed by atoms with Crippen molar-refractivity contribution in [3.63, 3.8) is 0 Å². The van der Waals surface area contributed by atoms with Crippen molar-refractivity contribution in [3.05, 3.63) is 96.3 Å².